The summed E-state index contributed by atoms with van der Waals surface area (Å²) in [6, 6.07) is 9.68. The van der Waals surface area contributed by atoms with Crippen LogP contribution in [0.3, 0.4) is 0 Å². The molecule has 0 fully saturated rings. The smallest absolute Gasteiger partial charge is 0.0317 e. The van der Waals surface area contributed by atoms with Gasteiger partial charge in [-0.1, -0.05) is 52.0 Å². The fourth-order valence-electron chi connectivity index (χ4n) is 2.11. The fourth-order valence-corrected chi connectivity index (χ4v) is 2.11. The maximum atomic E-state index is 3.60. The van der Waals surface area contributed by atoms with E-state index in [4.69, 9.17) is 0 Å². The molecule has 96 valence electrons. The van der Waals surface area contributed by atoms with Crippen LogP contribution in [-0.4, -0.2) is 6.54 Å². The molecule has 0 radical (unpaired) electrons. The molecule has 1 rings (SSSR count). The number of nitrogens with one attached hydrogen (secondary N) is 1. The summed E-state index contributed by atoms with van der Waals surface area (Å²) in [5.41, 5.74) is 2.88. The van der Waals surface area contributed by atoms with Gasteiger partial charge in [-0.3, -0.25) is 0 Å². The van der Waals surface area contributed by atoms with E-state index in [2.05, 4.69) is 57.3 Å². The highest BCUT2D eigenvalue weighted by molar-refractivity contribution is 5.27. The Morgan fingerprint density at radius 3 is 2.00 bits per heavy atom. The lowest BCUT2D eigenvalue weighted by Gasteiger charge is -2.18. The third-order valence-corrected chi connectivity index (χ3v) is 3.57. The van der Waals surface area contributed by atoms with Crippen LogP contribution in [-0.2, 0) is 0 Å². The first kappa shape index (κ1) is 14.2. The summed E-state index contributed by atoms with van der Waals surface area (Å²) >= 11 is 0. The first-order valence-electron chi connectivity index (χ1n) is 7.06. The van der Waals surface area contributed by atoms with Crippen molar-refractivity contribution in [2.45, 2.75) is 58.9 Å². The first-order chi connectivity index (χ1) is 8.22. The second-order valence-corrected chi connectivity index (χ2v) is 4.89. The van der Waals surface area contributed by atoms with Crippen LogP contribution in [0.5, 0.6) is 0 Å². The summed E-state index contributed by atoms with van der Waals surface area (Å²) in [5.74, 6) is 0.674. The van der Waals surface area contributed by atoms with Crippen molar-refractivity contribution in [3.05, 3.63) is 35.4 Å². The van der Waals surface area contributed by atoms with E-state index in [-0.39, 0.29) is 0 Å². The molecule has 2 unspecified atom stereocenters. The molecule has 0 saturated heterocycles. The summed E-state index contributed by atoms with van der Waals surface area (Å²) < 4.78 is 0. The lowest BCUT2D eigenvalue weighted by Crippen LogP contribution is -2.21. The monoisotopic (exact) mass is 233 g/mol. The highest BCUT2D eigenvalue weighted by Gasteiger charge is 2.08. The predicted molar refractivity (Wildman–Crippen MR) is 76.5 cm³/mol. The van der Waals surface area contributed by atoms with Crippen molar-refractivity contribution in [1.29, 1.82) is 0 Å². The second kappa shape index (κ2) is 7.50. The third kappa shape index (κ3) is 4.16. The van der Waals surface area contributed by atoms with Crippen molar-refractivity contribution in [1.82, 2.24) is 5.32 Å². The highest BCUT2D eigenvalue weighted by atomic mass is 14.9. The van der Waals surface area contributed by atoms with Gasteiger partial charge in [-0.05, 0) is 42.9 Å². The van der Waals surface area contributed by atoms with Gasteiger partial charge in [-0.15, -0.1) is 0 Å². The van der Waals surface area contributed by atoms with Crippen LogP contribution in [0.15, 0.2) is 24.3 Å². The van der Waals surface area contributed by atoms with E-state index in [0.717, 1.165) is 13.0 Å². The minimum Gasteiger partial charge on any atom is -0.310 e. The second-order valence-electron chi connectivity index (χ2n) is 4.89. The Hall–Kier alpha value is -0.820. The van der Waals surface area contributed by atoms with Gasteiger partial charge in [-0.2, -0.15) is 0 Å². The molecular formula is C16H27N. The van der Waals surface area contributed by atoms with Gasteiger partial charge in [-0.25, -0.2) is 0 Å². The molecule has 1 aromatic rings. The molecule has 0 aliphatic rings. The normalized spacial score (nSPS) is 14.6. The molecule has 0 aliphatic carbocycles. The molecule has 17 heavy (non-hydrogen) atoms. The van der Waals surface area contributed by atoms with Gasteiger partial charge in [0.05, 0.1) is 0 Å². The minimum absolute atomic E-state index is 0.515. The lowest BCUT2D eigenvalue weighted by atomic mass is 9.95. The van der Waals surface area contributed by atoms with E-state index >= 15 is 0 Å². The van der Waals surface area contributed by atoms with Crippen LogP contribution >= 0.6 is 0 Å². The third-order valence-electron chi connectivity index (χ3n) is 3.57. The summed E-state index contributed by atoms with van der Waals surface area (Å²) in [6.45, 7) is 10.1. The Morgan fingerprint density at radius 1 is 0.941 bits per heavy atom. The van der Waals surface area contributed by atoms with Gasteiger partial charge in [0.25, 0.3) is 0 Å². The molecule has 1 aromatic carbocycles. The molecule has 0 heterocycles. The Labute approximate surface area is 107 Å². The van der Waals surface area contributed by atoms with Gasteiger partial charge < -0.3 is 5.32 Å². The van der Waals surface area contributed by atoms with E-state index in [1.54, 1.807) is 0 Å². The molecule has 0 aliphatic heterocycles. The van der Waals surface area contributed by atoms with Gasteiger partial charge in [0.2, 0.25) is 0 Å². The van der Waals surface area contributed by atoms with Crippen molar-refractivity contribution in [2.75, 3.05) is 6.54 Å². The van der Waals surface area contributed by atoms with Gasteiger partial charge in [0, 0.05) is 6.04 Å². The lowest BCUT2D eigenvalue weighted by molar-refractivity contribution is 0.518. The molecule has 0 saturated carbocycles. The molecule has 1 N–H and O–H groups in total. The van der Waals surface area contributed by atoms with Crippen molar-refractivity contribution in [3.8, 4) is 0 Å². The van der Waals surface area contributed by atoms with Crippen LogP contribution in [0.2, 0.25) is 0 Å². The summed E-state index contributed by atoms with van der Waals surface area (Å²) in [5, 5.41) is 3.60. The zero-order chi connectivity index (χ0) is 12.7. The molecule has 2 atom stereocenters. The maximum Gasteiger partial charge on any atom is 0.0317 e. The number of rotatable bonds is 7. The molecule has 0 aromatic heterocycles. The number of benzene rings is 1. The first-order valence-corrected chi connectivity index (χ1v) is 7.06. The predicted octanol–water partition coefficient (Wildman–Crippen LogP) is 4.65. The van der Waals surface area contributed by atoms with E-state index in [1.165, 1.54) is 24.0 Å². The Morgan fingerprint density at radius 2 is 1.53 bits per heavy atom. The SMILES string of the molecule is CCCNC(CC)c1ccc(C(C)CC)cc1. The Bertz CT molecular complexity index is 302. The fraction of sp³-hybridized carbons (Fsp3) is 0.625. The summed E-state index contributed by atoms with van der Waals surface area (Å²) in [7, 11) is 0. The van der Waals surface area contributed by atoms with Crippen LogP contribution < -0.4 is 5.32 Å². The topological polar surface area (TPSA) is 12.0 Å². The Kier molecular flexibility index (Phi) is 6.28. The quantitative estimate of drug-likeness (QED) is 0.723. The van der Waals surface area contributed by atoms with Crippen molar-refractivity contribution in [2.24, 2.45) is 0 Å². The highest BCUT2D eigenvalue weighted by Crippen LogP contribution is 2.22. The molecule has 0 bridgehead atoms. The average Bonchev–Trinajstić information content (AvgIpc) is 2.39. The van der Waals surface area contributed by atoms with E-state index in [9.17, 15) is 0 Å². The van der Waals surface area contributed by atoms with Crippen LogP contribution in [0.4, 0.5) is 0 Å². The van der Waals surface area contributed by atoms with E-state index < -0.39 is 0 Å². The number of hydrogen-bond donors (Lipinski definition) is 1. The summed E-state index contributed by atoms with van der Waals surface area (Å²) in [6.07, 6.45) is 3.56. The standard InChI is InChI=1S/C16H27N/c1-5-12-17-16(7-3)15-10-8-14(9-11-15)13(4)6-2/h8-11,13,16-17H,5-7,12H2,1-4H3. The van der Waals surface area contributed by atoms with Gasteiger partial charge in [0.15, 0.2) is 0 Å². The molecule has 1 heteroatoms. The van der Waals surface area contributed by atoms with Crippen molar-refractivity contribution < 1.29 is 0 Å². The number of hydrogen-bond acceptors (Lipinski definition) is 1. The van der Waals surface area contributed by atoms with E-state index in [1.807, 2.05) is 0 Å². The summed E-state index contributed by atoms with van der Waals surface area (Å²) in [4.78, 5) is 0. The molecule has 1 nitrogen and oxygen atoms in total. The van der Waals surface area contributed by atoms with Gasteiger partial charge in [0.1, 0.15) is 0 Å². The van der Waals surface area contributed by atoms with Gasteiger partial charge >= 0.3 is 0 Å². The Balaban J connectivity index is 2.70. The maximum absolute atomic E-state index is 3.60. The molecule has 0 spiro atoms. The molecule has 0 amide bonds. The van der Waals surface area contributed by atoms with Crippen LogP contribution in [0, 0.1) is 0 Å². The van der Waals surface area contributed by atoms with E-state index in [0.29, 0.717) is 12.0 Å². The molecular weight excluding hydrogens is 206 g/mol. The zero-order valence-electron chi connectivity index (χ0n) is 11.8. The minimum atomic E-state index is 0.515. The van der Waals surface area contributed by atoms with Crippen LogP contribution in [0.25, 0.3) is 0 Å². The van der Waals surface area contributed by atoms with Crippen molar-refractivity contribution in [3.63, 3.8) is 0 Å². The largest absolute Gasteiger partial charge is 0.310 e. The van der Waals surface area contributed by atoms with Crippen molar-refractivity contribution >= 4 is 0 Å². The van der Waals surface area contributed by atoms with Crippen LogP contribution in [0.1, 0.15) is 70.0 Å². The zero-order valence-corrected chi connectivity index (χ0v) is 11.8. The average molecular weight is 233 g/mol.